The second-order valence-electron chi connectivity index (χ2n) is 5.57. The Labute approximate surface area is 146 Å². The molecule has 1 atom stereocenters. The summed E-state index contributed by atoms with van der Waals surface area (Å²) in [6.07, 6.45) is -3.27. The number of nitrogens with one attached hydrogen (secondary N) is 1. The number of pyridine rings is 1. The number of halogens is 3. The first-order valence-electron chi connectivity index (χ1n) is 7.68. The highest BCUT2D eigenvalue weighted by Gasteiger charge is 2.29. The van der Waals surface area contributed by atoms with Crippen molar-refractivity contribution in [1.82, 2.24) is 10.3 Å². The van der Waals surface area contributed by atoms with Crippen LogP contribution in [0.3, 0.4) is 0 Å². The Kier molecular flexibility index (Phi) is 4.88. The van der Waals surface area contributed by atoms with Crippen molar-refractivity contribution in [3.63, 3.8) is 0 Å². The van der Waals surface area contributed by atoms with Gasteiger partial charge in [0.2, 0.25) is 12.7 Å². The van der Waals surface area contributed by atoms with Crippen LogP contribution in [0, 0.1) is 0 Å². The summed E-state index contributed by atoms with van der Waals surface area (Å²) in [5.41, 5.74) is 0.675. The van der Waals surface area contributed by atoms with Crippen molar-refractivity contribution in [3.05, 3.63) is 47.7 Å². The van der Waals surface area contributed by atoms with Crippen LogP contribution in [-0.2, 0) is 0 Å². The third-order valence-electron chi connectivity index (χ3n) is 3.63. The molecular formula is C17H15F3N2O4. The second kappa shape index (κ2) is 7.11. The predicted octanol–water partition coefficient (Wildman–Crippen LogP) is 3.24. The number of nitrogens with zero attached hydrogens (tertiary/aromatic N) is 1. The molecule has 1 aliphatic heterocycles. The molecule has 3 rings (SSSR count). The smallest absolute Gasteiger partial charge is 0.422 e. The maximum absolute atomic E-state index is 12.4. The van der Waals surface area contributed by atoms with E-state index < -0.39 is 24.7 Å². The summed E-state index contributed by atoms with van der Waals surface area (Å²) in [5, 5.41) is 2.70. The molecule has 2 heterocycles. The third-order valence-corrected chi connectivity index (χ3v) is 3.63. The lowest BCUT2D eigenvalue weighted by Crippen LogP contribution is -2.28. The van der Waals surface area contributed by atoms with Gasteiger partial charge in [-0.2, -0.15) is 13.2 Å². The fraction of sp³-hybridized carbons (Fsp3) is 0.294. The number of alkyl halides is 3. The molecule has 1 N–H and O–H groups in total. The molecule has 0 aliphatic carbocycles. The normalized spacial score (nSPS) is 14.0. The monoisotopic (exact) mass is 368 g/mol. The minimum atomic E-state index is -4.52. The summed E-state index contributed by atoms with van der Waals surface area (Å²) < 4.78 is 52.2. The highest BCUT2D eigenvalue weighted by Crippen LogP contribution is 2.34. The van der Waals surface area contributed by atoms with Crippen LogP contribution in [0.2, 0.25) is 0 Å². The number of hydrogen-bond donors (Lipinski definition) is 1. The van der Waals surface area contributed by atoms with E-state index in [1.54, 1.807) is 25.1 Å². The first kappa shape index (κ1) is 17.8. The van der Waals surface area contributed by atoms with Crippen molar-refractivity contribution < 1.29 is 32.2 Å². The van der Waals surface area contributed by atoms with E-state index >= 15 is 0 Å². The Bertz CT molecular complexity index is 811. The number of hydrogen-bond acceptors (Lipinski definition) is 5. The van der Waals surface area contributed by atoms with Gasteiger partial charge in [-0.1, -0.05) is 6.07 Å². The van der Waals surface area contributed by atoms with Gasteiger partial charge in [-0.05, 0) is 36.8 Å². The Morgan fingerprint density at radius 2 is 2.08 bits per heavy atom. The van der Waals surface area contributed by atoms with Crippen LogP contribution in [0.5, 0.6) is 17.4 Å². The van der Waals surface area contributed by atoms with E-state index in [1.165, 1.54) is 18.3 Å². The van der Waals surface area contributed by atoms with Gasteiger partial charge in [-0.3, -0.25) is 4.79 Å². The largest absolute Gasteiger partial charge is 0.467 e. The van der Waals surface area contributed by atoms with E-state index in [0.717, 1.165) is 5.56 Å². The van der Waals surface area contributed by atoms with Crippen LogP contribution in [0.1, 0.15) is 28.9 Å². The number of benzene rings is 1. The molecule has 0 saturated heterocycles. The van der Waals surface area contributed by atoms with Crippen LogP contribution < -0.4 is 19.5 Å². The summed E-state index contributed by atoms with van der Waals surface area (Å²) in [5.74, 6) is 0.210. The number of carbonyl (C=O) groups excluding carboxylic acids is 1. The molecule has 6 nitrogen and oxygen atoms in total. The van der Waals surface area contributed by atoms with E-state index in [0.29, 0.717) is 11.5 Å². The van der Waals surface area contributed by atoms with Gasteiger partial charge in [0.05, 0.1) is 6.04 Å². The molecule has 0 bridgehead atoms. The summed E-state index contributed by atoms with van der Waals surface area (Å²) in [6.45, 7) is 0.346. The van der Waals surface area contributed by atoms with Gasteiger partial charge in [0.15, 0.2) is 18.1 Å². The van der Waals surface area contributed by atoms with Gasteiger partial charge in [-0.15, -0.1) is 0 Å². The van der Waals surface area contributed by atoms with Gasteiger partial charge in [0, 0.05) is 6.20 Å². The average Bonchev–Trinajstić information content (AvgIpc) is 3.07. The van der Waals surface area contributed by atoms with E-state index in [-0.39, 0.29) is 18.2 Å². The van der Waals surface area contributed by atoms with E-state index in [2.05, 4.69) is 15.0 Å². The molecule has 0 radical (unpaired) electrons. The van der Waals surface area contributed by atoms with Crippen molar-refractivity contribution in [1.29, 1.82) is 0 Å². The van der Waals surface area contributed by atoms with Gasteiger partial charge in [-0.25, -0.2) is 4.98 Å². The minimum absolute atomic E-state index is 0.0793. The van der Waals surface area contributed by atoms with Crippen molar-refractivity contribution in [2.75, 3.05) is 13.4 Å². The average molecular weight is 368 g/mol. The Morgan fingerprint density at radius 1 is 1.31 bits per heavy atom. The Balaban J connectivity index is 1.71. The molecule has 9 heteroatoms. The quantitative estimate of drug-likeness (QED) is 0.877. The lowest BCUT2D eigenvalue weighted by molar-refractivity contribution is -0.154. The molecule has 0 spiro atoms. The Hall–Kier alpha value is -2.97. The van der Waals surface area contributed by atoms with E-state index in [1.807, 2.05) is 0 Å². The fourth-order valence-electron chi connectivity index (χ4n) is 2.37. The summed E-state index contributed by atoms with van der Waals surface area (Å²) in [6, 6.07) is 7.59. The third kappa shape index (κ3) is 4.16. The zero-order valence-corrected chi connectivity index (χ0v) is 13.7. The van der Waals surface area contributed by atoms with E-state index in [4.69, 9.17) is 9.47 Å². The molecule has 1 aliphatic rings. The topological polar surface area (TPSA) is 69.7 Å². The van der Waals surface area contributed by atoms with Crippen LogP contribution in [-0.4, -0.2) is 30.5 Å². The first-order valence-corrected chi connectivity index (χ1v) is 7.68. The zero-order valence-electron chi connectivity index (χ0n) is 13.7. The Morgan fingerprint density at radius 3 is 2.85 bits per heavy atom. The number of fused-ring (bicyclic) bond motifs is 1. The van der Waals surface area contributed by atoms with Crippen molar-refractivity contribution >= 4 is 5.91 Å². The minimum Gasteiger partial charge on any atom is -0.467 e. The maximum Gasteiger partial charge on any atom is 0.422 e. The van der Waals surface area contributed by atoms with Crippen LogP contribution in [0.15, 0.2) is 36.5 Å². The maximum atomic E-state index is 12.4. The lowest BCUT2D eigenvalue weighted by Gasteiger charge is -2.16. The zero-order chi connectivity index (χ0) is 18.7. The van der Waals surface area contributed by atoms with Gasteiger partial charge in [0.1, 0.15) is 5.56 Å². The highest BCUT2D eigenvalue weighted by atomic mass is 19.4. The van der Waals surface area contributed by atoms with Gasteiger partial charge < -0.3 is 19.5 Å². The predicted molar refractivity (Wildman–Crippen MR) is 84.2 cm³/mol. The lowest BCUT2D eigenvalue weighted by atomic mass is 10.1. The number of ether oxygens (including phenoxy) is 3. The van der Waals surface area contributed by atoms with E-state index in [9.17, 15) is 18.0 Å². The second-order valence-corrected chi connectivity index (χ2v) is 5.57. The van der Waals surface area contributed by atoms with Gasteiger partial charge >= 0.3 is 6.18 Å². The first-order chi connectivity index (χ1) is 12.3. The SMILES string of the molecule is CC(NC(=O)c1cccnc1OCC(F)(F)F)c1ccc2c(c1)OCO2. The van der Waals surface area contributed by atoms with Crippen LogP contribution >= 0.6 is 0 Å². The molecule has 0 fully saturated rings. The molecule has 26 heavy (non-hydrogen) atoms. The standard InChI is InChI=1S/C17H15F3N2O4/c1-10(11-4-5-13-14(7-11)26-9-25-13)22-15(23)12-3-2-6-21-16(12)24-8-17(18,19)20/h2-7,10H,8-9H2,1H3,(H,22,23). The summed E-state index contributed by atoms with van der Waals surface area (Å²) in [4.78, 5) is 16.1. The fourth-order valence-corrected chi connectivity index (χ4v) is 2.37. The van der Waals surface area contributed by atoms with Crippen molar-refractivity contribution in [2.24, 2.45) is 0 Å². The summed E-state index contributed by atoms with van der Waals surface area (Å²) in [7, 11) is 0. The van der Waals surface area contributed by atoms with Crippen LogP contribution in [0.25, 0.3) is 0 Å². The molecule has 138 valence electrons. The number of carbonyl (C=O) groups is 1. The highest BCUT2D eigenvalue weighted by molar-refractivity contribution is 5.96. The van der Waals surface area contributed by atoms with Gasteiger partial charge in [0.25, 0.3) is 5.91 Å². The molecule has 1 unspecified atom stereocenters. The summed E-state index contributed by atoms with van der Waals surface area (Å²) >= 11 is 0. The molecule has 1 amide bonds. The van der Waals surface area contributed by atoms with Crippen LogP contribution in [0.4, 0.5) is 13.2 Å². The molecule has 0 saturated carbocycles. The van der Waals surface area contributed by atoms with Crippen molar-refractivity contribution in [2.45, 2.75) is 19.1 Å². The number of rotatable bonds is 5. The number of amides is 1. The molecule has 1 aromatic carbocycles. The molecular weight excluding hydrogens is 353 g/mol. The molecule has 2 aromatic rings. The number of aromatic nitrogens is 1. The van der Waals surface area contributed by atoms with Crippen molar-refractivity contribution in [3.8, 4) is 17.4 Å². The molecule has 1 aromatic heterocycles.